The minimum Gasteiger partial charge on any atom is -0.386 e. The predicted molar refractivity (Wildman–Crippen MR) is 35.1 cm³/mol. The summed E-state index contributed by atoms with van der Waals surface area (Å²) >= 11 is 0. The van der Waals surface area contributed by atoms with Crippen LogP contribution in [0.4, 0.5) is 18.0 Å². The monoisotopic (exact) mass is 179 g/mol. The van der Waals surface area contributed by atoms with Crippen LogP contribution in [0.5, 0.6) is 0 Å². The molecule has 7 heteroatoms. The number of carbonyl (C=O) groups is 1. The number of hydrogen-bond acceptors (Lipinski definition) is 2. The van der Waals surface area contributed by atoms with Gasteiger partial charge >= 0.3 is 12.2 Å². The Hall–Kier alpha value is -1.40. The van der Waals surface area contributed by atoms with E-state index < -0.39 is 24.0 Å². The Balaban J connectivity index is 2.90. The SMILES string of the molecule is NC1=NC(=O)N=CC1C(F)(F)F. The average Bonchev–Trinajstić information content (AvgIpc) is 1.83. The van der Waals surface area contributed by atoms with E-state index in [0.717, 1.165) is 0 Å². The van der Waals surface area contributed by atoms with Gasteiger partial charge in [0.25, 0.3) is 0 Å². The molecule has 0 radical (unpaired) electrons. The fourth-order valence-corrected chi connectivity index (χ4v) is 0.676. The van der Waals surface area contributed by atoms with E-state index in [4.69, 9.17) is 5.73 Å². The van der Waals surface area contributed by atoms with E-state index >= 15 is 0 Å². The van der Waals surface area contributed by atoms with Crippen molar-refractivity contribution in [2.45, 2.75) is 6.18 Å². The molecule has 1 aliphatic rings. The van der Waals surface area contributed by atoms with Crippen LogP contribution in [0.15, 0.2) is 9.98 Å². The highest BCUT2D eigenvalue weighted by atomic mass is 19.4. The lowest BCUT2D eigenvalue weighted by Gasteiger charge is -2.16. The van der Waals surface area contributed by atoms with Crippen molar-refractivity contribution in [3.8, 4) is 0 Å². The molecule has 2 N–H and O–H groups in total. The molecule has 1 aliphatic heterocycles. The molecular weight excluding hydrogens is 175 g/mol. The average molecular weight is 179 g/mol. The van der Waals surface area contributed by atoms with Gasteiger partial charge in [-0.3, -0.25) is 0 Å². The minimum atomic E-state index is -4.53. The molecule has 0 aliphatic carbocycles. The van der Waals surface area contributed by atoms with Gasteiger partial charge < -0.3 is 5.73 Å². The first-order valence-electron chi connectivity index (χ1n) is 2.90. The molecule has 2 amide bonds. The molecule has 0 saturated carbocycles. The molecular formula is C5H4F3N3O. The molecule has 0 saturated heterocycles. The maximum atomic E-state index is 12.0. The molecule has 0 aromatic carbocycles. The van der Waals surface area contributed by atoms with Crippen LogP contribution in [0.2, 0.25) is 0 Å². The summed E-state index contributed by atoms with van der Waals surface area (Å²) in [6.45, 7) is 0. The first-order valence-corrected chi connectivity index (χ1v) is 2.90. The molecule has 1 atom stereocenters. The molecule has 0 aromatic heterocycles. The highest BCUT2D eigenvalue weighted by Gasteiger charge is 2.42. The molecule has 1 heterocycles. The van der Waals surface area contributed by atoms with Gasteiger partial charge in [-0.05, 0) is 0 Å². The van der Waals surface area contributed by atoms with E-state index in [9.17, 15) is 18.0 Å². The van der Waals surface area contributed by atoms with Crippen LogP contribution >= 0.6 is 0 Å². The van der Waals surface area contributed by atoms with Crippen molar-refractivity contribution in [2.24, 2.45) is 21.6 Å². The van der Waals surface area contributed by atoms with E-state index in [1.165, 1.54) is 0 Å². The van der Waals surface area contributed by atoms with Gasteiger partial charge in [-0.2, -0.15) is 18.2 Å². The maximum absolute atomic E-state index is 12.0. The van der Waals surface area contributed by atoms with E-state index in [0.29, 0.717) is 6.21 Å². The smallest absolute Gasteiger partial charge is 0.386 e. The Labute approximate surface area is 65.0 Å². The lowest BCUT2D eigenvalue weighted by atomic mass is 10.1. The Bertz CT molecular complexity index is 268. The zero-order chi connectivity index (χ0) is 9.35. The van der Waals surface area contributed by atoms with Crippen molar-refractivity contribution < 1.29 is 18.0 Å². The van der Waals surface area contributed by atoms with Gasteiger partial charge in [-0.1, -0.05) is 0 Å². The summed E-state index contributed by atoms with van der Waals surface area (Å²) in [4.78, 5) is 16.1. The van der Waals surface area contributed by atoms with Gasteiger partial charge in [-0.25, -0.2) is 9.79 Å². The summed E-state index contributed by atoms with van der Waals surface area (Å²) in [7, 11) is 0. The van der Waals surface area contributed by atoms with Gasteiger partial charge in [0.2, 0.25) is 0 Å². The van der Waals surface area contributed by atoms with Crippen molar-refractivity contribution in [2.75, 3.05) is 0 Å². The van der Waals surface area contributed by atoms with Crippen LogP contribution < -0.4 is 5.73 Å². The summed E-state index contributed by atoms with van der Waals surface area (Å²) in [6, 6.07) is -1.01. The fraction of sp³-hybridized carbons (Fsp3) is 0.400. The number of aliphatic imine (C=N–C) groups is 2. The third kappa shape index (κ3) is 1.60. The predicted octanol–water partition coefficient (Wildman–Crippen LogP) is 0.727. The van der Waals surface area contributed by atoms with E-state index in [-0.39, 0.29) is 0 Å². The zero-order valence-corrected chi connectivity index (χ0v) is 5.67. The van der Waals surface area contributed by atoms with E-state index in [1.54, 1.807) is 0 Å². The van der Waals surface area contributed by atoms with Gasteiger partial charge in [0.1, 0.15) is 11.8 Å². The molecule has 0 spiro atoms. The summed E-state index contributed by atoms with van der Waals surface area (Å²) in [5, 5.41) is 0. The third-order valence-electron chi connectivity index (χ3n) is 1.23. The number of rotatable bonds is 0. The maximum Gasteiger partial charge on any atom is 0.403 e. The summed E-state index contributed by atoms with van der Waals surface area (Å²) in [6.07, 6.45) is -4.08. The topological polar surface area (TPSA) is 67.8 Å². The Kier molecular flexibility index (Phi) is 1.87. The van der Waals surface area contributed by atoms with Crippen LogP contribution in [0.1, 0.15) is 0 Å². The second kappa shape index (κ2) is 2.58. The van der Waals surface area contributed by atoms with Crippen LogP contribution in [0.25, 0.3) is 0 Å². The number of nitrogens with two attached hydrogens (primary N) is 1. The lowest BCUT2D eigenvalue weighted by Crippen LogP contribution is -2.39. The van der Waals surface area contributed by atoms with Crippen molar-refractivity contribution in [1.82, 2.24) is 0 Å². The lowest BCUT2D eigenvalue weighted by molar-refractivity contribution is -0.138. The number of hydrogen-bond donors (Lipinski definition) is 1. The van der Waals surface area contributed by atoms with Crippen molar-refractivity contribution in [3.05, 3.63) is 0 Å². The fourth-order valence-electron chi connectivity index (χ4n) is 0.676. The highest BCUT2D eigenvalue weighted by molar-refractivity contribution is 6.08. The van der Waals surface area contributed by atoms with Crippen molar-refractivity contribution in [1.29, 1.82) is 0 Å². The molecule has 0 fully saturated rings. The normalized spacial score (nSPS) is 24.1. The number of amidine groups is 1. The van der Waals surface area contributed by atoms with Gasteiger partial charge in [0, 0.05) is 6.21 Å². The van der Waals surface area contributed by atoms with Gasteiger partial charge in [0.05, 0.1) is 0 Å². The summed E-state index contributed by atoms with van der Waals surface area (Å²) in [5.41, 5.74) is 4.87. The molecule has 0 bridgehead atoms. The van der Waals surface area contributed by atoms with Gasteiger partial charge in [-0.15, -0.1) is 0 Å². The number of alkyl halides is 3. The molecule has 1 unspecified atom stereocenters. The first kappa shape index (κ1) is 8.69. The molecule has 0 aromatic rings. The Morgan fingerprint density at radius 1 is 1.50 bits per heavy atom. The summed E-state index contributed by atoms with van der Waals surface area (Å²) in [5.74, 6) is -2.79. The third-order valence-corrected chi connectivity index (χ3v) is 1.23. The van der Waals surface area contributed by atoms with Crippen molar-refractivity contribution >= 4 is 18.1 Å². The molecule has 12 heavy (non-hydrogen) atoms. The number of carbonyl (C=O) groups excluding carboxylic acids is 1. The van der Waals surface area contributed by atoms with Gasteiger partial charge in [0.15, 0.2) is 0 Å². The Morgan fingerprint density at radius 2 is 2.08 bits per heavy atom. The molecule has 1 rings (SSSR count). The Morgan fingerprint density at radius 3 is 2.50 bits per heavy atom. The van der Waals surface area contributed by atoms with Crippen LogP contribution in [0, 0.1) is 5.92 Å². The van der Waals surface area contributed by atoms with E-state index in [1.807, 2.05) is 0 Å². The molecule has 4 nitrogen and oxygen atoms in total. The van der Waals surface area contributed by atoms with Crippen LogP contribution in [-0.2, 0) is 0 Å². The van der Waals surface area contributed by atoms with Crippen LogP contribution in [0.3, 0.4) is 0 Å². The standard InChI is InChI=1S/C5H4F3N3O/c6-5(7,8)2-1-10-4(12)11-3(2)9/h1-2H,(H2,9,11,12). The first-order chi connectivity index (χ1) is 5.41. The number of urea groups is 1. The second-order valence-corrected chi connectivity index (χ2v) is 2.12. The van der Waals surface area contributed by atoms with Crippen LogP contribution in [-0.4, -0.2) is 24.3 Å². The number of amides is 2. The second-order valence-electron chi connectivity index (χ2n) is 2.12. The van der Waals surface area contributed by atoms with Crippen molar-refractivity contribution in [3.63, 3.8) is 0 Å². The highest BCUT2D eigenvalue weighted by Crippen LogP contribution is 2.26. The minimum absolute atomic E-state index is 0.449. The number of halogens is 3. The quantitative estimate of drug-likeness (QED) is 0.595. The van der Waals surface area contributed by atoms with E-state index in [2.05, 4.69) is 9.98 Å². The summed E-state index contributed by atoms with van der Waals surface area (Å²) < 4.78 is 35.9. The zero-order valence-electron chi connectivity index (χ0n) is 5.67. The molecule has 66 valence electrons. The largest absolute Gasteiger partial charge is 0.403 e. The number of nitrogens with zero attached hydrogens (tertiary/aromatic N) is 2.